The molecule has 0 amide bonds. The molecule has 0 aromatic heterocycles. The molecule has 0 aliphatic heterocycles. The van der Waals surface area contributed by atoms with Crippen molar-refractivity contribution in [1.29, 1.82) is 0 Å². The van der Waals surface area contributed by atoms with Crippen LogP contribution in [0, 0.1) is 0 Å². The molecule has 2 atom stereocenters. The first-order valence-corrected chi connectivity index (χ1v) is 11.3. The monoisotopic (exact) mass is 427 g/mol. The zero-order chi connectivity index (χ0) is 22.6. The van der Waals surface area contributed by atoms with Crippen molar-refractivity contribution in [2.24, 2.45) is 0 Å². The lowest BCUT2D eigenvalue weighted by molar-refractivity contribution is 0.284. The largest absolute Gasteiger partial charge is 0.493 e. The topological polar surface area (TPSA) is 30.5 Å². The number of methoxy groups -OCH3 is 1. The van der Waals surface area contributed by atoms with E-state index in [1.54, 1.807) is 7.11 Å². The highest BCUT2D eigenvalue weighted by Crippen LogP contribution is 2.45. The SMILES string of the molecule is COc1cc(C2(c3ccccc3)C=CC(NC(C)(C)C)C2)ccc1OCc1ccccc1. The quantitative estimate of drug-likeness (QED) is 0.450. The van der Waals surface area contributed by atoms with Gasteiger partial charge in [-0.2, -0.15) is 0 Å². The number of hydrogen-bond donors (Lipinski definition) is 1. The van der Waals surface area contributed by atoms with Crippen LogP contribution in [-0.2, 0) is 12.0 Å². The summed E-state index contributed by atoms with van der Waals surface area (Å²) in [6.07, 6.45) is 5.62. The van der Waals surface area contributed by atoms with Gasteiger partial charge in [-0.25, -0.2) is 0 Å². The summed E-state index contributed by atoms with van der Waals surface area (Å²) in [6, 6.07) is 27.6. The summed E-state index contributed by atoms with van der Waals surface area (Å²) >= 11 is 0. The lowest BCUT2D eigenvalue weighted by Gasteiger charge is -2.33. The predicted octanol–water partition coefficient (Wildman–Crippen LogP) is 6.28. The number of hydrogen-bond acceptors (Lipinski definition) is 3. The number of allylic oxidation sites excluding steroid dienone is 1. The Bertz CT molecular complexity index is 1050. The zero-order valence-corrected chi connectivity index (χ0v) is 19.5. The Kier molecular flexibility index (Phi) is 6.38. The lowest BCUT2D eigenvalue weighted by atomic mass is 9.73. The molecule has 1 aliphatic rings. The van der Waals surface area contributed by atoms with Gasteiger partial charge in [0, 0.05) is 17.0 Å². The minimum Gasteiger partial charge on any atom is -0.493 e. The number of ether oxygens (including phenoxy) is 2. The molecule has 1 N–H and O–H groups in total. The highest BCUT2D eigenvalue weighted by atomic mass is 16.5. The maximum Gasteiger partial charge on any atom is 0.161 e. The third-order valence-corrected chi connectivity index (χ3v) is 5.98. The van der Waals surface area contributed by atoms with Crippen LogP contribution in [0.3, 0.4) is 0 Å². The van der Waals surface area contributed by atoms with E-state index < -0.39 is 0 Å². The normalized spacial score (nSPS) is 20.3. The van der Waals surface area contributed by atoms with Crippen molar-refractivity contribution in [1.82, 2.24) is 5.32 Å². The van der Waals surface area contributed by atoms with Crippen LogP contribution in [0.15, 0.2) is 91.0 Å². The van der Waals surface area contributed by atoms with Crippen LogP contribution in [-0.4, -0.2) is 18.7 Å². The summed E-state index contributed by atoms with van der Waals surface area (Å²) in [6.45, 7) is 7.15. The molecule has 3 heteroatoms. The standard InChI is InChI=1S/C29H33NO2/c1-28(2,3)30-25-17-18-29(20-25,23-13-9-6-10-14-23)24-15-16-26(27(19-24)31-4)32-21-22-11-7-5-8-12-22/h5-19,25,30H,20-21H2,1-4H3. The molecule has 32 heavy (non-hydrogen) atoms. The highest BCUT2D eigenvalue weighted by molar-refractivity contribution is 5.53. The van der Waals surface area contributed by atoms with Crippen LogP contribution >= 0.6 is 0 Å². The fourth-order valence-electron chi connectivity index (χ4n) is 4.55. The second kappa shape index (κ2) is 9.22. The molecule has 166 valence electrons. The van der Waals surface area contributed by atoms with E-state index in [9.17, 15) is 0 Å². The summed E-state index contributed by atoms with van der Waals surface area (Å²) in [4.78, 5) is 0. The molecule has 0 spiro atoms. The summed E-state index contributed by atoms with van der Waals surface area (Å²) < 4.78 is 11.9. The molecule has 0 saturated carbocycles. The average Bonchev–Trinajstić information content (AvgIpc) is 3.22. The van der Waals surface area contributed by atoms with E-state index in [-0.39, 0.29) is 11.0 Å². The first kappa shape index (κ1) is 22.2. The van der Waals surface area contributed by atoms with Gasteiger partial charge >= 0.3 is 0 Å². The van der Waals surface area contributed by atoms with E-state index in [4.69, 9.17) is 9.47 Å². The number of nitrogens with one attached hydrogen (secondary N) is 1. The Hall–Kier alpha value is -3.04. The van der Waals surface area contributed by atoms with Gasteiger partial charge in [-0.15, -0.1) is 0 Å². The summed E-state index contributed by atoms with van der Waals surface area (Å²) in [5.41, 5.74) is 3.47. The van der Waals surface area contributed by atoms with E-state index in [1.807, 2.05) is 24.3 Å². The van der Waals surface area contributed by atoms with Crippen LogP contribution in [0.2, 0.25) is 0 Å². The Morgan fingerprint density at radius 2 is 1.56 bits per heavy atom. The van der Waals surface area contributed by atoms with Crippen LogP contribution in [0.1, 0.15) is 43.9 Å². The summed E-state index contributed by atoms with van der Waals surface area (Å²) in [7, 11) is 1.71. The van der Waals surface area contributed by atoms with Crippen molar-refractivity contribution in [3.8, 4) is 11.5 Å². The average molecular weight is 428 g/mol. The van der Waals surface area contributed by atoms with Crippen molar-refractivity contribution in [3.05, 3.63) is 108 Å². The number of rotatable bonds is 7. The van der Waals surface area contributed by atoms with Crippen molar-refractivity contribution in [2.45, 2.75) is 50.8 Å². The minimum atomic E-state index is -0.213. The third-order valence-electron chi connectivity index (χ3n) is 5.98. The van der Waals surface area contributed by atoms with E-state index >= 15 is 0 Å². The molecule has 3 aromatic carbocycles. The Labute approximate surface area is 192 Å². The first-order chi connectivity index (χ1) is 15.4. The smallest absolute Gasteiger partial charge is 0.161 e. The van der Waals surface area contributed by atoms with Crippen molar-refractivity contribution < 1.29 is 9.47 Å². The van der Waals surface area contributed by atoms with Gasteiger partial charge in [0.1, 0.15) is 6.61 Å². The van der Waals surface area contributed by atoms with Gasteiger partial charge < -0.3 is 14.8 Å². The molecule has 0 bridgehead atoms. The molecular formula is C29H33NO2. The van der Waals surface area contributed by atoms with E-state index in [0.717, 1.165) is 23.5 Å². The van der Waals surface area contributed by atoms with Gasteiger partial charge in [0.25, 0.3) is 0 Å². The Morgan fingerprint density at radius 1 is 0.875 bits per heavy atom. The third kappa shape index (κ3) is 4.89. The molecule has 1 aliphatic carbocycles. The minimum absolute atomic E-state index is 0.0502. The molecule has 4 rings (SSSR count). The van der Waals surface area contributed by atoms with Gasteiger partial charge in [0.15, 0.2) is 11.5 Å². The number of benzene rings is 3. The van der Waals surface area contributed by atoms with E-state index in [0.29, 0.717) is 12.6 Å². The second-order valence-electron chi connectivity index (χ2n) is 9.54. The molecule has 0 radical (unpaired) electrons. The molecule has 3 nitrogen and oxygen atoms in total. The fraction of sp³-hybridized carbons (Fsp3) is 0.310. The van der Waals surface area contributed by atoms with Gasteiger partial charge in [-0.3, -0.25) is 0 Å². The molecule has 3 aromatic rings. The van der Waals surface area contributed by atoms with Gasteiger partial charge in [0.2, 0.25) is 0 Å². The van der Waals surface area contributed by atoms with E-state index in [1.165, 1.54) is 11.1 Å². The summed E-state index contributed by atoms with van der Waals surface area (Å²) in [5.74, 6) is 1.52. The van der Waals surface area contributed by atoms with Crippen LogP contribution in [0.25, 0.3) is 0 Å². The van der Waals surface area contributed by atoms with Gasteiger partial charge in [-0.05, 0) is 56.0 Å². The zero-order valence-electron chi connectivity index (χ0n) is 19.5. The Morgan fingerprint density at radius 3 is 2.22 bits per heavy atom. The van der Waals surface area contributed by atoms with Gasteiger partial charge in [0.05, 0.1) is 7.11 Å². The fourth-order valence-corrected chi connectivity index (χ4v) is 4.55. The highest BCUT2D eigenvalue weighted by Gasteiger charge is 2.39. The maximum absolute atomic E-state index is 6.10. The van der Waals surface area contributed by atoms with Crippen LogP contribution in [0.5, 0.6) is 11.5 Å². The van der Waals surface area contributed by atoms with Crippen molar-refractivity contribution in [3.63, 3.8) is 0 Å². The molecule has 2 unspecified atom stereocenters. The molecule has 0 heterocycles. The predicted molar refractivity (Wildman–Crippen MR) is 131 cm³/mol. The van der Waals surface area contributed by atoms with Crippen LogP contribution < -0.4 is 14.8 Å². The molecule has 0 saturated heterocycles. The van der Waals surface area contributed by atoms with Crippen molar-refractivity contribution in [2.75, 3.05) is 7.11 Å². The Balaban J connectivity index is 1.65. The first-order valence-electron chi connectivity index (χ1n) is 11.3. The van der Waals surface area contributed by atoms with Crippen molar-refractivity contribution >= 4 is 0 Å². The lowest BCUT2D eigenvalue weighted by Crippen LogP contribution is -2.43. The van der Waals surface area contributed by atoms with Gasteiger partial charge in [-0.1, -0.05) is 78.9 Å². The molecule has 0 fully saturated rings. The van der Waals surface area contributed by atoms with Crippen LogP contribution in [0.4, 0.5) is 0 Å². The maximum atomic E-state index is 6.10. The summed E-state index contributed by atoms with van der Waals surface area (Å²) in [5, 5.41) is 3.75. The second-order valence-corrected chi connectivity index (χ2v) is 9.54. The molecular weight excluding hydrogens is 394 g/mol. The van der Waals surface area contributed by atoms with E-state index in [2.05, 4.69) is 92.8 Å².